The van der Waals surface area contributed by atoms with Gasteiger partial charge in [-0.25, -0.2) is 0 Å². The van der Waals surface area contributed by atoms with Crippen LogP contribution in [-0.4, -0.2) is 0 Å². The first-order valence-corrected chi connectivity index (χ1v) is 5.62. The lowest BCUT2D eigenvalue weighted by atomic mass is 10.1. The summed E-state index contributed by atoms with van der Waals surface area (Å²) in [5, 5.41) is 0. The van der Waals surface area contributed by atoms with E-state index in [1.54, 1.807) is 0 Å². The summed E-state index contributed by atoms with van der Waals surface area (Å²) in [6.45, 7) is 0. The summed E-state index contributed by atoms with van der Waals surface area (Å²) in [4.78, 5) is 0. The molecule has 0 aromatic carbocycles. The Bertz CT molecular complexity index is 135. The molecular formula is C13H21. The molecule has 0 fully saturated rings. The minimum absolute atomic E-state index is 1.14. The van der Waals surface area contributed by atoms with Gasteiger partial charge in [-0.3, -0.25) is 0 Å². The zero-order valence-corrected chi connectivity index (χ0v) is 8.54. The second-order valence-electron chi connectivity index (χ2n) is 3.69. The lowest BCUT2D eigenvalue weighted by molar-refractivity contribution is 0.652. The van der Waals surface area contributed by atoms with Gasteiger partial charge in [0, 0.05) is 0 Å². The van der Waals surface area contributed by atoms with Gasteiger partial charge in [-0.2, -0.15) is 0 Å². The number of allylic oxidation sites excluding steroid dienone is 4. The third-order valence-corrected chi connectivity index (χ3v) is 2.43. The third-order valence-electron chi connectivity index (χ3n) is 2.43. The molecule has 0 N–H and O–H groups in total. The van der Waals surface area contributed by atoms with E-state index in [1.807, 2.05) is 0 Å². The smallest absolute Gasteiger partial charge is 0.0311 e. The van der Waals surface area contributed by atoms with Gasteiger partial charge in [0.25, 0.3) is 0 Å². The minimum Gasteiger partial charge on any atom is -0.0885 e. The van der Waals surface area contributed by atoms with Crippen LogP contribution in [0, 0.1) is 6.42 Å². The third kappa shape index (κ3) is 6.62. The largest absolute Gasteiger partial charge is 0.0885 e. The number of hydrogen-bond acceptors (Lipinski definition) is 0. The average molecular weight is 177 g/mol. The number of rotatable bonds is 0. The van der Waals surface area contributed by atoms with E-state index in [2.05, 4.69) is 30.7 Å². The lowest BCUT2D eigenvalue weighted by Crippen LogP contribution is -1.76. The molecule has 0 saturated heterocycles. The Kier molecular flexibility index (Phi) is 6.58. The van der Waals surface area contributed by atoms with Crippen molar-refractivity contribution in [2.75, 3.05) is 0 Å². The molecule has 0 spiro atoms. The molecule has 0 bridgehead atoms. The molecule has 1 aliphatic carbocycles. The highest BCUT2D eigenvalue weighted by Crippen LogP contribution is 2.08. The van der Waals surface area contributed by atoms with Gasteiger partial charge in [0.05, 0.1) is 0 Å². The molecule has 0 unspecified atom stereocenters. The van der Waals surface area contributed by atoms with Crippen LogP contribution in [0.5, 0.6) is 0 Å². The van der Waals surface area contributed by atoms with Gasteiger partial charge in [0.2, 0.25) is 0 Å². The van der Waals surface area contributed by atoms with E-state index in [0.717, 1.165) is 12.8 Å². The van der Waals surface area contributed by atoms with Crippen LogP contribution in [0.1, 0.15) is 51.4 Å². The van der Waals surface area contributed by atoms with Crippen molar-refractivity contribution in [2.24, 2.45) is 0 Å². The predicted octanol–water partition coefficient (Wildman–Crippen LogP) is 4.44. The topological polar surface area (TPSA) is 0 Å². The predicted molar refractivity (Wildman–Crippen MR) is 59.5 cm³/mol. The van der Waals surface area contributed by atoms with Crippen LogP contribution in [0.15, 0.2) is 24.3 Å². The maximum absolute atomic E-state index is 2.34. The first-order valence-electron chi connectivity index (χ1n) is 5.62. The maximum atomic E-state index is 2.34. The Labute approximate surface area is 82.7 Å². The standard InChI is InChI=1S/C13H21/c1-2-4-6-8-10-12-13-11-9-7-5-3-1/h1-2,5,9,11H,3-4,6-8,10,12-13H2/b2-1-,11-9+. The molecule has 0 aromatic rings. The molecule has 1 aliphatic rings. The normalized spacial score (nSPS) is 26.5. The Morgan fingerprint density at radius 2 is 1.08 bits per heavy atom. The summed E-state index contributed by atoms with van der Waals surface area (Å²) < 4.78 is 0. The highest BCUT2D eigenvalue weighted by atomic mass is 14.0. The Hall–Kier alpha value is -0.520. The van der Waals surface area contributed by atoms with E-state index in [4.69, 9.17) is 0 Å². The summed E-state index contributed by atoms with van der Waals surface area (Å²) in [6, 6.07) is 0. The summed E-state index contributed by atoms with van der Waals surface area (Å²) >= 11 is 0. The Balaban J connectivity index is 2.18. The van der Waals surface area contributed by atoms with Crippen LogP contribution in [-0.2, 0) is 0 Å². The molecule has 0 aromatic heterocycles. The highest BCUT2D eigenvalue weighted by molar-refractivity contribution is 4.92. The minimum atomic E-state index is 1.14. The monoisotopic (exact) mass is 177 g/mol. The van der Waals surface area contributed by atoms with Gasteiger partial charge in [0.1, 0.15) is 0 Å². The second-order valence-corrected chi connectivity index (χ2v) is 3.69. The molecular weight excluding hydrogens is 156 g/mol. The Morgan fingerprint density at radius 1 is 0.538 bits per heavy atom. The van der Waals surface area contributed by atoms with Gasteiger partial charge in [0.15, 0.2) is 0 Å². The molecule has 0 nitrogen and oxygen atoms in total. The average Bonchev–Trinajstić information content (AvgIpc) is 2.18. The van der Waals surface area contributed by atoms with Gasteiger partial charge in [-0.05, 0) is 44.9 Å². The summed E-state index contributed by atoms with van der Waals surface area (Å²) in [6.07, 6.45) is 22.0. The zero-order valence-electron chi connectivity index (χ0n) is 8.54. The van der Waals surface area contributed by atoms with Crippen molar-refractivity contribution in [1.29, 1.82) is 0 Å². The van der Waals surface area contributed by atoms with Gasteiger partial charge in [-0.15, -0.1) is 0 Å². The molecule has 0 heteroatoms. The van der Waals surface area contributed by atoms with Crippen LogP contribution >= 0.6 is 0 Å². The Morgan fingerprint density at radius 3 is 1.62 bits per heavy atom. The van der Waals surface area contributed by atoms with E-state index >= 15 is 0 Å². The van der Waals surface area contributed by atoms with E-state index in [9.17, 15) is 0 Å². The van der Waals surface area contributed by atoms with Gasteiger partial charge >= 0.3 is 0 Å². The van der Waals surface area contributed by atoms with Crippen LogP contribution in [0.3, 0.4) is 0 Å². The molecule has 0 aliphatic heterocycles. The van der Waals surface area contributed by atoms with Crippen LogP contribution < -0.4 is 0 Å². The quantitative estimate of drug-likeness (QED) is 0.480. The summed E-state index contributed by atoms with van der Waals surface area (Å²) in [7, 11) is 0. The molecule has 0 atom stereocenters. The van der Waals surface area contributed by atoms with Crippen molar-refractivity contribution in [3.63, 3.8) is 0 Å². The fourth-order valence-corrected chi connectivity index (χ4v) is 1.59. The molecule has 73 valence electrons. The molecule has 0 amide bonds. The van der Waals surface area contributed by atoms with Crippen molar-refractivity contribution in [1.82, 2.24) is 0 Å². The fraction of sp³-hybridized carbons (Fsp3) is 0.615. The number of hydrogen-bond donors (Lipinski definition) is 0. The molecule has 0 heterocycles. The lowest BCUT2D eigenvalue weighted by Gasteiger charge is -1.95. The van der Waals surface area contributed by atoms with Crippen LogP contribution in [0.2, 0.25) is 0 Å². The second kappa shape index (κ2) is 8.10. The van der Waals surface area contributed by atoms with Crippen molar-refractivity contribution < 1.29 is 0 Å². The first-order chi connectivity index (χ1) is 6.50. The first kappa shape index (κ1) is 10.6. The summed E-state index contributed by atoms with van der Waals surface area (Å²) in [5.41, 5.74) is 0. The van der Waals surface area contributed by atoms with Gasteiger partial charge in [-0.1, -0.05) is 37.1 Å². The van der Waals surface area contributed by atoms with Crippen molar-refractivity contribution in [3.8, 4) is 0 Å². The van der Waals surface area contributed by atoms with Crippen molar-refractivity contribution in [2.45, 2.75) is 51.4 Å². The summed E-state index contributed by atoms with van der Waals surface area (Å²) in [5.74, 6) is 0. The highest BCUT2D eigenvalue weighted by Gasteiger charge is 1.89. The SMILES string of the molecule is [CH]1C/C=C\CCCCCC/C=C/C1. The molecule has 1 rings (SSSR count). The molecule has 13 heavy (non-hydrogen) atoms. The van der Waals surface area contributed by atoms with Crippen molar-refractivity contribution in [3.05, 3.63) is 30.7 Å². The fourth-order valence-electron chi connectivity index (χ4n) is 1.59. The zero-order chi connectivity index (χ0) is 9.19. The van der Waals surface area contributed by atoms with Crippen molar-refractivity contribution >= 4 is 0 Å². The molecule has 1 radical (unpaired) electrons. The van der Waals surface area contributed by atoms with E-state index in [1.165, 1.54) is 38.5 Å². The van der Waals surface area contributed by atoms with Crippen LogP contribution in [0.4, 0.5) is 0 Å². The van der Waals surface area contributed by atoms with E-state index in [0.29, 0.717) is 0 Å². The molecule has 0 saturated carbocycles. The maximum Gasteiger partial charge on any atom is -0.0311 e. The van der Waals surface area contributed by atoms with Gasteiger partial charge < -0.3 is 0 Å². The van der Waals surface area contributed by atoms with E-state index in [-0.39, 0.29) is 0 Å². The van der Waals surface area contributed by atoms with E-state index < -0.39 is 0 Å². The van der Waals surface area contributed by atoms with Crippen LogP contribution in [0.25, 0.3) is 0 Å².